The highest BCUT2D eigenvalue weighted by Crippen LogP contribution is 2.35. The van der Waals surface area contributed by atoms with Gasteiger partial charge in [0.25, 0.3) is 0 Å². The van der Waals surface area contributed by atoms with Crippen LogP contribution in [0.3, 0.4) is 0 Å². The number of fused-ring (bicyclic) bond motifs is 1. The Kier molecular flexibility index (Phi) is 5.73. The predicted octanol–water partition coefficient (Wildman–Crippen LogP) is 4.06. The molecule has 0 aliphatic carbocycles. The van der Waals surface area contributed by atoms with E-state index >= 15 is 0 Å². The van der Waals surface area contributed by atoms with Crippen LogP contribution in [0.25, 0.3) is 11.0 Å². The minimum absolute atomic E-state index is 0.179. The number of aromatic nitrogens is 2. The van der Waals surface area contributed by atoms with Crippen LogP contribution in [0.1, 0.15) is 5.56 Å². The number of benzene rings is 1. The summed E-state index contributed by atoms with van der Waals surface area (Å²) in [6, 6.07) is 14.9. The highest BCUT2D eigenvalue weighted by Gasteiger charge is 2.16. The maximum atomic E-state index is 12.4. The number of aliphatic hydroxyl groups excluding tert-OH is 1. The van der Waals surface area contributed by atoms with Gasteiger partial charge in [-0.1, -0.05) is 30.3 Å². The lowest BCUT2D eigenvalue weighted by Crippen LogP contribution is -2.40. The first-order chi connectivity index (χ1) is 14.2. The largest absolute Gasteiger partial charge is 0.413 e. The number of nitrogens with one attached hydrogen (secondary N) is 3. The van der Waals surface area contributed by atoms with E-state index in [0.29, 0.717) is 17.2 Å². The van der Waals surface area contributed by atoms with Crippen LogP contribution in [-0.4, -0.2) is 33.8 Å². The molecule has 4 aromatic rings. The summed E-state index contributed by atoms with van der Waals surface area (Å²) < 4.78 is 5.49. The third-order valence-electron chi connectivity index (χ3n) is 4.41. The van der Waals surface area contributed by atoms with Crippen molar-refractivity contribution in [1.29, 1.82) is 0 Å². The number of hydrogen-bond acceptors (Lipinski definition) is 6. The van der Waals surface area contributed by atoms with Crippen molar-refractivity contribution in [2.24, 2.45) is 0 Å². The average Bonchev–Trinajstić information content (AvgIpc) is 3.38. The zero-order chi connectivity index (χ0) is 20.1. The molecular weight excluding hydrogens is 388 g/mol. The highest BCUT2D eigenvalue weighted by atomic mass is 32.1. The molecule has 3 heterocycles. The summed E-state index contributed by atoms with van der Waals surface area (Å²) in [6.07, 6.45) is 3.44. The Morgan fingerprint density at radius 1 is 1.17 bits per heavy atom. The number of hydrogen-bond donors (Lipinski definition) is 4. The Labute approximate surface area is 171 Å². The molecule has 0 saturated carbocycles. The monoisotopic (exact) mass is 408 g/mol. The molecule has 8 heteroatoms. The van der Waals surface area contributed by atoms with Gasteiger partial charge < -0.3 is 25.5 Å². The molecule has 29 heavy (non-hydrogen) atoms. The van der Waals surface area contributed by atoms with E-state index in [1.807, 2.05) is 60.1 Å². The van der Waals surface area contributed by atoms with Gasteiger partial charge in [0.15, 0.2) is 0 Å². The van der Waals surface area contributed by atoms with Crippen molar-refractivity contribution >= 4 is 39.8 Å². The molecule has 1 aromatic carbocycles. The third-order valence-corrected chi connectivity index (χ3v) is 5.20. The van der Waals surface area contributed by atoms with E-state index in [1.54, 1.807) is 6.20 Å². The molecule has 0 spiro atoms. The predicted molar refractivity (Wildman–Crippen MR) is 114 cm³/mol. The second-order valence-corrected chi connectivity index (χ2v) is 7.33. The first-order valence-corrected chi connectivity index (χ1v) is 10.0. The summed E-state index contributed by atoms with van der Waals surface area (Å²) >= 11 is 1.31. The molecule has 0 aliphatic rings. The number of nitrogens with zero attached hydrogens (tertiary/aromatic N) is 1. The molecular formula is C21H20N4O3S. The lowest BCUT2D eigenvalue weighted by atomic mass is 10.1. The van der Waals surface area contributed by atoms with Gasteiger partial charge in [0.1, 0.15) is 5.65 Å². The molecule has 3 aromatic heterocycles. The Balaban J connectivity index is 1.42. The zero-order valence-electron chi connectivity index (χ0n) is 15.5. The maximum Gasteiger partial charge on any atom is 0.413 e. The molecule has 0 fully saturated rings. The molecule has 0 aliphatic heterocycles. The van der Waals surface area contributed by atoms with Crippen LogP contribution in [0, 0.1) is 0 Å². The van der Waals surface area contributed by atoms with Gasteiger partial charge in [-0.05, 0) is 35.6 Å². The summed E-state index contributed by atoms with van der Waals surface area (Å²) in [6.45, 7) is -0.179. The standard InChI is InChI=1S/C21H20N4O3S/c26-13-15(12-14-4-2-1-3-5-14)24-21(27)28-20-18(8-11-29-20)25-17-7-10-23-19-16(17)6-9-22-19/h1-11,15,26H,12-13H2,(H,24,27)(H2,22,23,25)/t15-/m0/s1. The van der Waals surface area contributed by atoms with Gasteiger partial charge in [-0.25, -0.2) is 9.78 Å². The minimum atomic E-state index is -0.605. The number of aromatic amines is 1. The van der Waals surface area contributed by atoms with Gasteiger partial charge in [0, 0.05) is 17.8 Å². The van der Waals surface area contributed by atoms with Crippen molar-refractivity contribution in [3.63, 3.8) is 0 Å². The molecule has 7 nitrogen and oxygen atoms in total. The van der Waals surface area contributed by atoms with Gasteiger partial charge in [-0.2, -0.15) is 0 Å². The number of amides is 1. The van der Waals surface area contributed by atoms with Crippen molar-refractivity contribution < 1.29 is 14.6 Å². The van der Waals surface area contributed by atoms with Crippen molar-refractivity contribution in [3.05, 3.63) is 71.9 Å². The normalized spacial score (nSPS) is 11.9. The summed E-state index contributed by atoms with van der Waals surface area (Å²) in [5.74, 6) is 0. The SMILES string of the molecule is O=C(N[C@H](CO)Cc1ccccc1)Oc1sccc1Nc1ccnc2[nH]ccc12. The summed E-state index contributed by atoms with van der Waals surface area (Å²) in [5, 5.41) is 18.8. The van der Waals surface area contributed by atoms with E-state index in [-0.39, 0.29) is 6.61 Å². The molecule has 0 radical (unpaired) electrons. The Hall–Kier alpha value is -3.36. The zero-order valence-corrected chi connectivity index (χ0v) is 16.3. The topological polar surface area (TPSA) is 99.3 Å². The van der Waals surface area contributed by atoms with Crippen LogP contribution in [0.15, 0.2) is 66.3 Å². The molecule has 1 atom stereocenters. The van der Waals surface area contributed by atoms with Gasteiger partial charge in [-0.3, -0.25) is 0 Å². The second kappa shape index (κ2) is 8.76. The number of carbonyl (C=O) groups excluding carboxylic acids is 1. The summed E-state index contributed by atoms with van der Waals surface area (Å²) in [5.41, 5.74) is 3.34. The molecule has 4 rings (SSSR count). The summed E-state index contributed by atoms with van der Waals surface area (Å²) in [7, 11) is 0. The minimum Gasteiger partial charge on any atom is -0.397 e. The average molecular weight is 408 g/mol. The number of thiophene rings is 1. The van der Waals surface area contributed by atoms with Crippen LogP contribution in [-0.2, 0) is 6.42 Å². The number of ether oxygens (including phenoxy) is 1. The number of pyridine rings is 1. The first kappa shape index (κ1) is 19.0. The van der Waals surface area contributed by atoms with E-state index in [0.717, 1.165) is 22.3 Å². The van der Waals surface area contributed by atoms with Gasteiger partial charge in [0.2, 0.25) is 5.06 Å². The van der Waals surface area contributed by atoms with Crippen LogP contribution < -0.4 is 15.4 Å². The molecule has 148 valence electrons. The fourth-order valence-corrected chi connectivity index (χ4v) is 3.72. The van der Waals surface area contributed by atoms with Crippen molar-refractivity contribution in [2.75, 3.05) is 11.9 Å². The Morgan fingerprint density at radius 2 is 2.03 bits per heavy atom. The maximum absolute atomic E-state index is 12.4. The van der Waals surface area contributed by atoms with E-state index in [2.05, 4.69) is 20.6 Å². The molecule has 4 N–H and O–H groups in total. The van der Waals surface area contributed by atoms with Crippen LogP contribution in [0.2, 0.25) is 0 Å². The number of aliphatic hydroxyl groups is 1. The number of H-pyrrole nitrogens is 1. The Morgan fingerprint density at radius 3 is 2.86 bits per heavy atom. The highest BCUT2D eigenvalue weighted by molar-refractivity contribution is 7.12. The molecule has 0 unspecified atom stereocenters. The fraction of sp³-hybridized carbons (Fsp3) is 0.143. The van der Waals surface area contributed by atoms with Gasteiger partial charge in [0.05, 0.1) is 24.0 Å². The van der Waals surface area contributed by atoms with Crippen LogP contribution in [0.4, 0.5) is 16.2 Å². The van der Waals surface area contributed by atoms with Crippen LogP contribution in [0.5, 0.6) is 5.06 Å². The lowest BCUT2D eigenvalue weighted by molar-refractivity contribution is 0.184. The summed E-state index contributed by atoms with van der Waals surface area (Å²) in [4.78, 5) is 19.7. The molecule has 0 bridgehead atoms. The van der Waals surface area contributed by atoms with Gasteiger partial charge in [-0.15, -0.1) is 11.3 Å². The van der Waals surface area contributed by atoms with Crippen molar-refractivity contribution in [2.45, 2.75) is 12.5 Å². The fourth-order valence-electron chi connectivity index (χ4n) is 3.02. The molecule has 1 amide bonds. The van der Waals surface area contributed by atoms with Crippen LogP contribution >= 0.6 is 11.3 Å². The third kappa shape index (κ3) is 4.56. The van der Waals surface area contributed by atoms with E-state index < -0.39 is 12.1 Å². The van der Waals surface area contributed by atoms with Gasteiger partial charge >= 0.3 is 6.09 Å². The first-order valence-electron chi connectivity index (χ1n) is 9.12. The quantitative estimate of drug-likeness (QED) is 0.370. The van der Waals surface area contributed by atoms with Crippen molar-refractivity contribution in [3.8, 4) is 5.06 Å². The Bertz CT molecular complexity index is 1090. The van der Waals surface area contributed by atoms with E-state index in [9.17, 15) is 9.90 Å². The number of anilines is 2. The number of rotatable bonds is 7. The second-order valence-electron chi connectivity index (χ2n) is 6.45. The van der Waals surface area contributed by atoms with E-state index in [1.165, 1.54) is 11.3 Å². The smallest absolute Gasteiger partial charge is 0.397 e. The van der Waals surface area contributed by atoms with E-state index in [4.69, 9.17) is 4.74 Å². The van der Waals surface area contributed by atoms with Crippen molar-refractivity contribution in [1.82, 2.24) is 15.3 Å². The number of carbonyl (C=O) groups is 1. The molecule has 0 saturated heterocycles. The lowest BCUT2D eigenvalue weighted by Gasteiger charge is -2.16.